The number of methoxy groups -OCH3 is 1. The van der Waals surface area contributed by atoms with Gasteiger partial charge >= 0.3 is 12.1 Å². The van der Waals surface area contributed by atoms with Crippen molar-refractivity contribution in [2.45, 2.75) is 25.4 Å². The Labute approximate surface area is 153 Å². The Bertz CT molecular complexity index is 770. The molecule has 0 aromatic heterocycles. The average Bonchev–Trinajstić information content (AvgIpc) is 2.66. The molecule has 6 nitrogen and oxygen atoms in total. The van der Waals surface area contributed by atoms with Gasteiger partial charge in [-0.2, -0.15) is 13.2 Å². The van der Waals surface area contributed by atoms with E-state index in [4.69, 9.17) is 4.74 Å². The molecule has 0 N–H and O–H groups in total. The van der Waals surface area contributed by atoms with Gasteiger partial charge in [0, 0.05) is 43.6 Å². The average molecular weight is 384 g/mol. The van der Waals surface area contributed by atoms with Crippen molar-refractivity contribution < 1.29 is 32.3 Å². The van der Waals surface area contributed by atoms with Crippen molar-refractivity contribution in [1.29, 1.82) is 0 Å². The highest BCUT2D eigenvalue weighted by molar-refractivity contribution is 6.09. The molecule has 0 aliphatic carbocycles. The molecule has 0 unspecified atom stereocenters. The van der Waals surface area contributed by atoms with Gasteiger partial charge in [-0.3, -0.25) is 14.4 Å². The molecule has 2 aliphatic heterocycles. The molecule has 9 heteroatoms. The van der Waals surface area contributed by atoms with E-state index in [0.29, 0.717) is 17.0 Å². The summed E-state index contributed by atoms with van der Waals surface area (Å²) in [5, 5.41) is 0. The zero-order valence-corrected chi connectivity index (χ0v) is 14.7. The molecule has 0 spiro atoms. The lowest BCUT2D eigenvalue weighted by Gasteiger charge is -2.36. The fourth-order valence-electron chi connectivity index (χ4n) is 3.52. The van der Waals surface area contributed by atoms with Gasteiger partial charge in [-0.15, -0.1) is 0 Å². The standard InChI is InChI=1S/C18H19F3N2O4/c1-27-12-2-3-13-14(10-12)23(9-6-15(13)24)16(25)11-4-7-22(8-5-11)17(26)18(19,20)21/h2-3,10-11H,4-9H2,1H3. The first kappa shape index (κ1) is 19.2. The van der Waals surface area contributed by atoms with E-state index in [1.165, 1.54) is 12.0 Å². The number of amides is 2. The molecule has 1 saturated heterocycles. The summed E-state index contributed by atoms with van der Waals surface area (Å²) in [6.07, 6.45) is -4.40. The van der Waals surface area contributed by atoms with Crippen LogP contribution in [0.25, 0.3) is 0 Å². The number of Topliss-reactive ketones (excluding diaryl/α,β-unsaturated/α-hetero) is 1. The SMILES string of the molecule is COc1ccc2c(c1)N(C(=O)C1CCN(C(=O)C(F)(F)F)CC1)CCC2=O. The predicted octanol–water partition coefficient (Wildman–Crippen LogP) is 2.42. The largest absolute Gasteiger partial charge is 0.497 e. The molecule has 146 valence electrons. The van der Waals surface area contributed by atoms with Crippen molar-refractivity contribution in [3.63, 3.8) is 0 Å². The Morgan fingerprint density at radius 1 is 1.15 bits per heavy atom. The van der Waals surface area contributed by atoms with E-state index in [-0.39, 0.29) is 50.6 Å². The summed E-state index contributed by atoms with van der Waals surface area (Å²) in [5.74, 6) is -2.16. The number of ketones is 1. The molecule has 0 saturated carbocycles. The number of rotatable bonds is 2. The normalized spacial score (nSPS) is 18.3. The van der Waals surface area contributed by atoms with Crippen LogP contribution < -0.4 is 9.64 Å². The predicted molar refractivity (Wildman–Crippen MR) is 89.7 cm³/mol. The molecule has 0 radical (unpaired) electrons. The lowest BCUT2D eigenvalue weighted by Crippen LogP contribution is -2.49. The number of alkyl halides is 3. The number of ether oxygens (including phenoxy) is 1. The fourth-order valence-corrected chi connectivity index (χ4v) is 3.52. The van der Waals surface area contributed by atoms with Crippen molar-refractivity contribution in [3.05, 3.63) is 23.8 Å². The molecule has 1 aromatic rings. The number of carbonyl (C=O) groups excluding carboxylic acids is 3. The first-order valence-corrected chi connectivity index (χ1v) is 8.61. The van der Waals surface area contributed by atoms with Gasteiger partial charge in [-0.05, 0) is 25.0 Å². The highest BCUT2D eigenvalue weighted by atomic mass is 19.4. The number of halogens is 3. The highest BCUT2D eigenvalue weighted by Crippen LogP contribution is 2.33. The minimum Gasteiger partial charge on any atom is -0.497 e. The maximum Gasteiger partial charge on any atom is 0.471 e. The van der Waals surface area contributed by atoms with Gasteiger partial charge in [-0.1, -0.05) is 0 Å². The summed E-state index contributed by atoms with van der Waals surface area (Å²) in [6.45, 7) is -0.0154. The molecular formula is C18H19F3N2O4. The summed E-state index contributed by atoms with van der Waals surface area (Å²) in [4.78, 5) is 38.6. The van der Waals surface area contributed by atoms with Crippen LogP contribution in [0.15, 0.2) is 18.2 Å². The zero-order chi connectivity index (χ0) is 19.8. The van der Waals surface area contributed by atoms with Gasteiger partial charge in [0.15, 0.2) is 5.78 Å². The number of fused-ring (bicyclic) bond motifs is 1. The monoisotopic (exact) mass is 384 g/mol. The molecule has 3 rings (SSSR count). The summed E-state index contributed by atoms with van der Waals surface area (Å²) in [5.41, 5.74) is 0.893. The van der Waals surface area contributed by atoms with Gasteiger partial charge in [0.25, 0.3) is 0 Å². The summed E-state index contributed by atoms with van der Waals surface area (Å²) < 4.78 is 42.8. The third kappa shape index (κ3) is 3.77. The second-order valence-electron chi connectivity index (χ2n) is 6.61. The van der Waals surface area contributed by atoms with E-state index in [2.05, 4.69) is 0 Å². The molecule has 0 atom stereocenters. The number of likely N-dealkylation sites (tertiary alicyclic amines) is 1. The molecular weight excluding hydrogens is 365 g/mol. The first-order chi connectivity index (χ1) is 12.7. The Hall–Kier alpha value is -2.58. The van der Waals surface area contributed by atoms with Crippen LogP contribution in [0.3, 0.4) is 0 Å². The van der Waals surface area contributed by atoms with Crippen LogP contribution in [0.1, 0.15) is 29.6 Å². The number of benzene rings is 1. The molecule has 2 aliphatic rings. The van der Waals surface area contributed by atoms with Crippen LogP contribution in [0.4, 0.5) is 18.9 Å². The van der Waals surface area contributed by atoms with Crippen molar-refractivity contribution in [2.24, 2.45) is 5.92 Å². The van der Waals surface area contributed by atoms with E-state index in [0.717, 1.165) is 4.90 Å². The van der Waals surface area contributed by atoms with Gasteiger partial charge in [-0.25, -0.2) is 0 Å². The van der Waals surface area contributed by atoms with Crippen LogP contribution in [-0.2, 0) is 9.59 Å². The van der Waals surface area contributed by atoms with Crippen molar-refractivity contribution in [2.75, 3.05) is 31.6 Å². The Morgan fingerprint density at radius 2 is 1.81 bits per heavy atom. The highest BCUT2D eigenvalue weighted by Gasteiger charge is 2.44. The second kappa shape index (κ2) is 7.21. The summed E-state index contributed by atoms with van der Waals surface area (Å²) >= 11 is 0. The molecule has 1 aromatic carbocycles. The second-order valence-corrected chi connectivity index (χ2v) is 6.61. The first-order valence-electron chi connectivity index (χ1n) is 8.61. The van der Waals surface area contributed by atoms with Crippen LogP contribution in [0, 0.1) is 5.92 Å². The minimum absolute atomic E-state index is 0.0673. The topological polar surface area (TPSA) is 66.9 Å². The maximum absolute atomic E-state index is 12.9. The van der Waals surface area contributed by atoms with Gasteiger partial charge < -0.3 is 14.5 Å². The Morgan fingerprint density at radius 3 is 2.41 bits per heavy atom. The number of piperidine rings is 1. The van der Waals surface area contributed by atoms with Crippen molar-refractivity contribution >= 4 is 23.3 Å². The van der Waals surface area contributed by atoms with E-state index >= 15 is 0 Å². The lowest BCUT2D eigenvalue weighted by molar-refractivity contribution is -0.186. The van der Waals surface area contributed by atoms with Crippen molar-refractivity contribution in [3.8, 4) is 5.75 Å². The smallest absolute Gasteiger partial charge is 0.471 e. The summed E-state index contributed by atoms with van der Waals surface area (Å²) in [7, 11) is 1.48. The maximum atomic E-state index is 12.9. The van der Waals surface area contributed by atoms with E-state index < -0.39 is 18.0 Å². The third-order valence-electron chi connectivity index (χ3n) is 5.00. The van der Waals surface area contributed by atoms with Crippen LogP contribution in [-0.4, -0.2) is 55.4 Å². The van der Waals surface area contributed by atoms with Crippen LogP contribution >= 0.6 is 0 Å². The molecule has 2 amide bonds. The zero-order valence-electron chi connectivity index (χ0n) is 14.7. The summed E-state index contributed by atoms with van der Waals surface area (Å²) in [6, 6.07) is 4.87. The van der Waals surface area contributed by atoms with Crippen LogP contribution in [0.5, 0.6) is 5.75 Å². The number of hydrogen-bond donors (Lipinski definition) is 0. The number of carbonyl (C=O) groups is 3. The Kier molecular flexibility index (Phi) is 5.12. The molecule has 0 bridgehead atoms. The van der Waals surface area contributed by atoms with Crippen LogP contribution in [0.2, 0.25) is 0 Å². The lowest BCUT2D eigenvalue weighted by atomic mass is 9.92. The quantitative estimate of drug-likeness (QED) is 0.786. The van der Waals surface area contributed by atoms with Gasteiger partial charge in [0.05, 0.1) is 12.8 Å². The number of nitrogens with zero attached hydrogens (tertiary/aromatic N) is 2. The van der Waals surface area contributed by atoms with E-state index in [9.17, 15) is 27.6 Å². The van der Waals surface area contributed by atoms with Gasteiger partial charge in [0.2, 0.25) is 5.91 Å². The van der Waals surface area contributed by atoms with Gasteiger partial charge in [0.1, 0.15) is 5.75 Å². The molecule has 1 fully saturated rings. The Balaban J connectivity index is 1.74. The minimum atomic E-state index is -4.90. The number of anilines is 1. The van der Waals surface area contributed by atoms with Crippen molar-refractivity contribution in [1.82, 2.24) is 4.90 Å². The molecule has 2 heterocycles. The van der Waals surface area contributed by atoms with E-state index in [1.807, 2.05) is 0 Å². The number of hydrogen-bond acceptors (Lipinski definition) is 4. The molecule has 27 heavy (non-hydrogen) atoms. The fraction of sp³-hybridized carbons (Fsp3) is 0.500. The van der Waals surface area contributed by atoms with E-state index in [1.54, 1.807) is 18.2 Å². The third-order valence-corrected chi connectivity index (χ3v) is 5.00.